The topological polar surface area (TPSA) is 88.8 Å². The van der Waals surface area contributed by atoms with Crippen molar-refractivity contribution in [2.75, 3.05) is 20.2 Å². The number of piperidine rings is 1. The maximum atomic E-state index is 12.9. The van der Waals surface area contributed by atoms with Crippen LogP contribution in [0.3, 0.4) is 0 Å². The number of hydrogen-bond donors (Lipinski definition) is 1. The summed E-state index contributed by atoms with van der Waals surface area (Å²) in [6.07, 6.45) is 7.95. The molecule has 1 aliphatic carbocycles. The van der Waals surface area contributed by atoms with Crippen LogP contribution in [0.4, 0.5) is 0 Å². The number of methoxy groups -OCH3 is 1. The molecule has 3 aromatic rings. The Morgan fingerprint density at radius 1 is 1.31 bits per heavy atom. The zero-order valence-corrected chi connectivity index (χ0v) is 16.0. The number of carbonyl (C=O) groups is 2. The van der Waals surface area contributed by atoms with Crippen LogP contribution >= 0.6 is 0 Å². The average molecular weight is 391 g/mol. The van der Waals surface area contributed by atoms with Gasteiger partial charge in [-0.05, 0) is 30.2 Å². The second-order valence-corrected chi connectivity index (χ2v) is 7.78. The van der Waals surface area contributed by atoms with E-state index in [9.17, 15) is 9.59 Å². The zero-order chi connectivity index (χ0) is 20.0. The Hall–Kier alpha value is -3.42. The quantitative estimate of drug-likeness (QED) is 0.709. The van der Waals surface area contributed by atoms with Crippen LogP contribution < -0.4 is 10.1 Å². The highest BCUT2D eigenvalue weighted by atomic mass is 16.5. The Morgan fingerprint density at radius 3 is 3.00 bits per heavy atom. The molecule has 0 radical (unpaired) electrons. The van der Waals surface area contributed by atoms with Gasteiger partial charge in [0.25, 0.3) is 5.91 Å². The molecule has 0 unspecified atom stereocenters. The number of aromatic nitrogens is 3. The van der Waals surface area contributed by atoms with Gasteiger partial charge in [-0.15, -0.1) is 0 Å². The normalized spacial score (nSPS) is 22.4. The van der Waals surface area contributed by atoms with E-state index in [1.54, 1.807) is 42.5 Å². The Bertz CT molecular complexity index is 1100. The molecule has 1 N–H and O–H groups in total. The molecule has 4 heterocycles. The van der Waals surface area contributed by atoms with Crippen molar-refractivity contribution in [2.24, 2.45) is 5.92 Å². The van der Waals surface area contributed by atoms with E-state index < -0.39 is 0 Å². The van der Waals surface area contributed by atoms with Crippen molar-refractivity contribution in [1.29, 1.82) is 0 Å². The van der Waals surface area contributed by atoms with Gasteiger partial charge in [0.2, 0.25) is 5.91 Å². The lowest BCUT2D eigenvalue weighted by atomic mass is 10.2. The van der Waals surface area contributed by atoms with Crippen molar-refractivity contribution < 1.29 is 14.3 Å². The molecule has 1 aliphatic heterocycles. The van der Waals surface area contributed by atoms with Gasteiger partial charge in [0.05, 0.1) is 42.5 Å². The van der Waals surface area contributed by atoms with E-state index in [2.05, 4.69) is 15.4 Å². The summed E-state index contributed by atoms with van der Waals surface area (Å²) in [6.45, 7) is 1.24. The maximum Gasteiger partial charge on any atom is 0.255 e. The lowest BCUT2D eigenvalue weighted by molar-refractivity contribution is -0.130. The molecule has 2 atom stereocenters. The lowest BCUT2D eigenvalue weighted by Crippen LogP contribution is -2.43. The van der Waals surface area contributed by atoms with Crippen LogP contribution in [0.1, 0.15) is 22.3 Å². The van der Waals surface area contributed by atoms with Gasteiger partial charge in [-0.1, -0.05) is 6.07 Å². The highest BCUT2D eigenvalue weighted by Crippen LogP contribution is 2.49. The van der Waals surface area contributed by atoms with E-state index in [1.165, 1.54) is 0 Å². The van der Waals surface area contributed by atoms with E-state index >= 15 is 0 Å². The van der Waals surface area contributed by atoms with E-state index in [-0.39, 0.29) is 17.4 Å². The number of carbonyl (C=O) groups excluding carboxylic acids is 2. The molecule has 2 amide bonds. The Kier molecular flexibility index (Phi) is 4.01. The van der Waals surface area contributed by atoms with Gasteiger partial charge in [0, 0.05) is 31.4 Å². The van der Waals surface area contributed by atoms with Crippen molar-refractivity contribution >= 4 is 17.3 Å². The van der Waals surface area contributed by atoms with Crippen LogP contribution in [0.25, 0.3) is 5.52 Å². The standard InChI is InChI=1S/C21H21N5O3/c1-29-16-4-5-18-17(10-23-26(18)12-16)20(28)24-21-8-15(21)11-25(13-21)19(27)7-14-3-2-6-22-9-14/h2-6,9-10,12,15H,7-8,11,13H2,1H3,(H,24,28)/t15-,21-/m0/s1. The van der Waals surface area contributed by atoms with Gasteiger partial charge in [0.15, 0.2) is 0 Å². The Labute approximate surface area is 167 Å². The van der Waals surface area contributed by atoms with Crippen molar-refractivity contribution in [1.82, 2.24) is 24.8 Å². The predicted octanol–water partition coefficient (Wildman–Crippen LogP) is 1.31. The van der Waals surface area contributed by atoms with Gasteiger partial charge in [-0.2, -0.15) is 5.10 Å². The zero-order valence-electron chi connectivity index (χ0n) is 16.0. The number of likely N-dealkylation sites (tertiary alicyclic amines) is 1. The molecule has 0 spiro atoms. The van der Waals surface area contributed by atoms with Gasteiger partial charge in [0.1, 0.15) is 5.75 Å². The Morgan fingerprint density at radius 2 is 2.21 bits per heavy atom. The summed E-state index contributed by atoms with van der Waals surface area (Å²) in [7, 11) is 1.59. The van der Waals surface area contributed by atoms with Crippen molar-refractivity contribution in [3.8, 4) is 5.75 Å². The smallest absolute Gasteiger partial charge is 0.255 e. The first-order chi connectivity index (χ1) is 14.1. The molecule has 0 bridgehead atoms. The fourth-order valence-corrected chi connectivity index (χ4v) is 4.21. The molecule has 3 aromatic heterocycles. The third-order valence-electron chi connectivity index (χ3n) is 5.91. The minimum absolute atomic E-state index is 0.0712. The summed E-state index contributed by atoms with van der Waals surface area (Å²) in [5.41, 5.74) is 1.83. The fraction of sp³-hybridized carbons (Fsp3) is 0.333. The number of ether oxygens (including phenoxy) is 1. The SMILES string of the molecule is COc1ccc2c(C(=O)N[C@]34C[C@H]3CN(C(=O)Cc3cccnc3)C4)cnn2c1. The number of hydrogen-bond acceptors (Lipinski definition) is 5. The summed E-state index contributed by atoms with van der Waals surface area (Å²) < 4.78 is 6.83. The second kappa shape index (κ2) is 6.58. The molecule has 8 nitrogen and oxygen atoms in total. The first kappa shape index (κ1) is 17.7. The number of nitrogens with one attached hydrogen (secondary N) is 1. The summed E-state index contributed by atoms with van der Waals surface area (Å²) in [5, 5.41) is 7.43. The summed E-state index contributed by atoms with van der Waals surface area (Å²) in [4.78, 5) is 31.5. The first-order valence-corrected chi connectivity index (χ1v) is 9.58. The average Bonchev–Trinajstić information content (AvgIpc) is 3.08. The molecule has 0 aromatic carbocycles. The number of rotatable bonds is 5. The van der Waals surface area contributed by atoms with Crippen LogP contribution in [0.5, 0.6) is 5.75 Å². The number of pyridine rings is 2. The molecule has 2 aliphatic rings. The van der Waals surface area contributed by atoms with Gasteiger partial charge < -0.3 is 15.0 Å². The highest BCUT2D eigenvalue weighted by Gasteiger charge is 2.61. The van der Waals surface area contributed by atoms with E-state index in [0.717, 1.165) is 17.5 Å². The van der Waals surface area contributed by atoms with Gasteiger partial charge in [-0.3, -0.25) is 14.6 Å². The lowest BCUT2D eigenvalue weighted by Gasteiger charge is -2.22. The molecular weight excluding hydrogens is 370 g/mol. The fourth-order valence-electron chi connectivity index (χ4n) is 4.21. The van der Waals surface area contributed by atoms with Crippen LogP contribution in [0.2, 0.25) is 0 Å². The summed E-state index contributed by atoms with van der Waals surface area (Å²) in [6, 6.07) is 7.36. The largest absolute Gasteiger partial charge is 0.495 e. The number of amides is 2. The monoisotopic (exact) mass is 391 g/mol. The minimum Gasteiger partial charge on any atom is -0.495 e. The molecular formula is C21H21N5O3. The summed E-state index contributed by atoms with van der Waals surface area (Å²) >= 11 is 0. The highest BCUT2D eigenvalue weighted by molar-refractivity contribution is 6.01. The van der Waals surface area contributed by atoms with Gasteiger partial charge in [-0.25, -0.2) is 4.52 Å². The molecule has 8 heteroatoms. The molecule has 1 saturated carbocycles. The third kappa shape index (κ3) is 3.10. The second-order valence-electron chi connectivity index (χ2n) is 7.78. The van der Waals surface area contributed by atoms with Crippen molar-refractivity contribution in [2.45, 2.75) is 18.4 Å². The predicted molar refractivity (Wildman–Crippen MR) is 105 cm³/mol. The van der Waals surface area contributed by atoms with E-state index in [4.69, 9.17) is 4.74 Å². The van der Waals surface area contributed by atoms with Crippen LogP contribution in [-0.2, 0) is 11.2 Å². The van der Waals surface area contributed by atoms with Crippen LogP contribution in [-0.4, -0.2) is 57.1 Å². The van der Waals surface area contributed by atoms with E-state index in [0.29, 0.717) is 36.7 Å². The van der Waals surface area contributed by atoms with E-state index in [1.807, 2.05) is 23.1 Å². The van der Waals surface area contributed by atoms with Crippen molar-refractivity contribution in [3.63, 3.8) is 0 Å². The Balaban J connectivity index is 1.27. The molecule has 5 rings (SSSR count). The molecule has 1 saturated heterocycles. The number of nitrogens with zero attached hydrogens (tertiary/aromatic N) is 4. The van der Waals surface area contributed by atoms with Crippen molar-refractivity contribution in [3.05, 3.63) is 60.2 Å². The first-order valence-electron chi connectivity index (χ1n) is 9.58. The molecule has 148 valence electrons. The maximum absolute atomic E-state index is 12.9. The third-order valence-corrected chi connectivity index (χ3v) is 5.91. The summed E-state index contributed by atoms with van der Waals surface area (Å²) in [5.74, 6) is 0.898. The van der Waals surface area contributed by atoms with Crippen LogP contribution in [0.15, 0.2) is 49.1 Å². The molecule has 2 fully saturated rings. The van der Waals surface area contributed by atoms with Gasteiger partial charge >= 0.3 is 0 Å². The minimum atomic E-state index is -0.317. The van der Waals surface area contributed by atoms with Crippen LogP contribution in [0, 0.1) is 5.92 Å². The number of fused-ring (bicyclic) bond motifs is 2. The molecule has 29 heavy (non-hydrogen) atoms.